The van der Waals surface area contributed by atoms with Gasteiger partial charge in [-0.2, -0.15) is 13.2 Å². The van der Waals surface area contributed by atoms with Gasteiger partial charge in [-0.05, 0) is 17.2 Å². The smallest absolute Gasteiger partial charge is 0.391 e. The van der Waals surface area contributed by atoms with E-state index in [2.05, 4.69) is 0 Å². The Kier molecular flexibility index (Phi) is 6.41. The number of rotatable bonds is 4. The molecule has 0 aliphatic heterocycles. The standard InChI is InChI=1S/C16H16F3NO.ClH/c17-16(18,19)13-9-5-4-8-12(13)15(20)14(21)10-11-6-2-1-3-7-11;/h1-9,14-15,21H,10,20H2;1H/t14-,15+;/m1./s1. The molecule has 0 heterocycles. The minimum Gasteiger partial charge on any atom is -0.391 e. The van der Waals surface area contributed by atoms with Gasteiger partial charge in [0.05, 0.1) is 17.7 Å². The normalized spacial score (nSPS) is 14.0. The number of alkyl halides is 3. The molecular formula is C16H17ClF3NO. The van der Waals surface area contributed by atoms with E-state index in [4.69, 9.17) is 5.73 Å². The summed E-state index contributed by atoms with van der Waals surface area (Å²) in [6.07, 6.45) is -5.37. The Morgan fingerprint density at radius 2 is 1.50 bits per heavy atom. The van der Waals surface area contributed by atoms with Crippen LogP contribution in [-0.4, -0.2) is 11.2 Å². The summed E-state index contributed by atoms with van der Waals surface area (Å²) in [5.74, 6) is 0. The Hall–Kier alpha value is -1.56. The zero-order valence-corrected chi connectivity index (χ0v) is 12.4. The van der Waals surface area contributed by atoms with E-state index in [1.54, 1.807) is 24.3 Å². The molecule has 120 valence electrons. The van der Waals surface area contributed by atoms with Crippen LogP contribution in [-0.2, 0) is 12.6 Å². The highest BCUT2D eigenvalue weighted by atomic mass is 35.5. The molecule has 0 unspecified atom stereocenters. The van der Waals surface area contributed by atoms with Crippen LogP contribution in [0.1, 0.15) is 22.7 Å². The summed E-state index contributed by atoms with van der Waals surface area (Å²) < 4.78 is 38.9. The van der Waals surface area contributed by atoms with E-state index in [1.807, 2.05) is 6.07 Å². The molecule has 2 aromatic rings. The van der Waals surface area contributed by atoms with Crippen LogP contribution in [0.4, 0.5) is 13.2 Å². The first-order valence-electron chi connectivity index (χ1n) is 6.53. The Morgan fingerprint density at radius 1 is 0.955 bits per heavy atom. The second-order valence-electron chi connectivity index (χ2n) is 4.87. The molecule has 3 N–H and O–H groups in total. The molecule has 2 aromatic carbocycles. The molecular weight excluding hydrogens is 315 g/mol. The molecule has 0 saturated heterocycles. The maximum absolute atomic E-state index is 13.0. The van der Waals surface area contributed by atoms with E-state index in [0.717, 1.165) is 11.6 Å². The Morgan fingerprint density at radius 3 is 2.09 bits per heavy atom. The van der Waals surface area contributed by atoms with E-state index >= 15 is 0 Å². The van der Waals surface area contributed by atoms with Crippen LogP contribution in [0.15, 0.2) is 54.6 Å². The molecule has 2 nitrogen and oxygen atoms in total. The topological polar surface area (TPSA) is 46.2 Å². The lowest BCUT2D eigenvalue weighted by Gasteiger charge is -2.22. The second kappa shape index (κ2) is 7.63. The van der Waals surface area contributed by atoms with Gasteiger partial charge in [0.1, 0.15) is 0 Å². The summed E-state index contributed by atoms with van der Waals surface area (Å²) in [4.78, 5) is 0. The fourth-order valence-corrected chi connectivity index (χ4v) is 2.24. The van der Waals surface area contributed by atoms with Crippen molar-refractivity contribution in [3.8, 4) is 0 Å². The molecule has 0 radical (unpaired) electrons. The average molecular weight is 332 g/mol. The van der Waals surface area contributed by atoms with Crippen LogP contribution in [0.2, 0.25) is 0 Å². The number of aliphatic hydroxyl groups excluding tert-OH is 1. The first-order valence-corrected chi connectivity index (χ1v) is 6.53. The first-order chi connectivity index (χ1) is 9.89. The molecule has 0 spiro atoms. The molecule has 22 heavy (non-hydrogen) atoms. The van der Waals surface area contributed by atoms with E-state index in [-0.39, 0.29) is 24.4 Å². The van der Waals surface area contributed by atoms with Gasteiger partial charge in [-0.1, -0.05) is 48.5 Å². The predicted molar refractivity (Wildman–Crippen MR) is 81.8 cm³/mol. The van der Waals surface area contributed by atoms with Crippen molar-refractivity contribution in [1.82, 2.24) is 0 Å². The molecule has 0 saturated carbocycles. The van der Waals surface area contributed by atoms with E-state index in [9.17, 15) is 18.3 Å². The van der Waals surface area contributed by atoms with Gasteiger partial charge in [0.15, 0.2) is 0 Å². The van der Waals surface area contributed by atoms with Gasteiger partial charge in [0, 0.05) is 6.42 Å². The summed E-state index contributed by atoms with van der Waals surface area (Å²) >= 11 is 0. The zero-order chi connectivity index (χ0) is 15.5. The third-order valence-corrected chi connectivity index (χ3v) is 3.33. The minimum atomic E-state index is -4.49. The molecule has 0 fully saturated rings. The lowest BCUT2D eigenvalue weighted by Crippen LogP contribution is -2.30. The fraction of sp³-hybridized carbons (Fsp3) is 0.250. The van der Waals surface area contributed by atoms with Gasteiger partial charge < -0.3 is 10.8 Å². The van der Waals surface area contributed by atoms with Crippen LogP contribution >= 0.6 is 12.4 Å². The molecule has 0 aromatic heterocycles. The minimum absolute atomic E-state index is 0. The average Bonchev–Trinajstić information content (AvgIpc) is 2.46. The van der Waals surface area contributed by atoms with Crippen LogP contribution in [0.3, 0.4) is 0 Å². The van der Waals surface area contributed by atoms with Crippen LogP contribution in [0.25, 0.3) is 0 Å². The number of hydrogen-bond donors (Lipinski definition) is 2. The molecule has 0 aliphatic rings. The third-order valence-electron chi connectivity index (χ3n) is 3.33. The van der Waals surface area contributed by atoms with Gasteiger partial charge in [0.2, 0.25) is 0 Å². The van der Waals surface area contributed by atoms with Crippen molar-refractivity contribution in [2.75, 3.05) is 0 Å². The fourth-order valence-electron chi connectivity index (χ4n) is 2.24. The zero-order valence-electron chi connectivity index (χ0n) is 11.6. The Bertz CT molecular complexity index is 589. The first kappa shape index (κ1) is 18.5. The van der Waals surface area contributed by atoms with E-state index in [1.165, 1.54) is 18.2 Å². The second-order valence-corrected chi connectivity index (χ2v) is 4.87. The van der Waals surface area contributed by atoms with Crippen molar-refractivity contribution >= 4 is 12.4 Å². The summed E-state index contributed by atoms with van der Waals surface area (Å²) in [5, 5.41) is 10.1. The van der Waals surface area contributed by atoms with Crippen LogP contribution < -0.4 is 5.73 Å². The number of nitrogens with two attached hydrogens (primary N) is 1. The highest BCUT2D eigenvalue weighted by Gasteiger charge is 2.35. The highest BCUT2D eigenvalue weighted by molar-refractivity contribution is 5.85. The molecule has 2 rings (SSSR count). The SMILES string of the molecule is Cl.N[C@@H](c1ccccc1C(F)(F)F)[C@H](O)Cc1ccccc1. The largest absolute Gasteiger partial charge is 0.416 e. The number of aliphatic hydroxyl groups is 1. The number of benzene rings is 2. The lowest BCUT2D eigenvalue weighted by atomic mass is 9.93. The van der Waals surface area contributed by atoms with E-state index < -0.39 is 23.9 Å². The lowest BCUT2D eigenvalue weighted by molar-refractivity contribution is -0.138. The molecule has 2 atom stereocenters. The van der Waals surface area contributed by atoms with Crippen LogP contribution in [0.5, 0.6) is 0 Å². The van der Waals surface area contributed by atoms with Crippen LogP contribution in [0, 0.1) is 0 Å². The summed E-state index contributed by atoms with van der Waals surface area (Å²) in [7, 11) is 0. The molecule has 0 bridgehead atoms. The molecule has 0 aliphatic carbocycles. The third kappa shape index (κ3) is 4.47. The Labute approximate surface area is 133 Å². The van der Waals surface area contributed by atoms with Crippen molar-refractivity contribution in [1.29, 1.82) is 0 Å². The quantitative estimate of drug-likeness (QED) is 0.896. The highest BCUT2D eigenvalue weighted by Crippen LogP contribution is 2.35. The van der Waals surface area contributed by atoms with Crippen molar-refractivity contribution in [2.45, 2.75) is 24.7 Å². The van der Waals surface area contributed by atoms with Crippen molar-refractivity contribution in [3.05, 3.63) is 71.3 Å². The summed E-state index contributed by atoms with van der Waals surface area (Å²) in [6, 6.07) is 13.0. The van der Waals surface area contributed by atoms with Gasteiger partial charge in [0.25, 0.3) is 0 Å². The summed E-state index contributed by atoms with van der Waals surface area (Å²) in [6.45, 7) is 0. The van der Waals surface area contributed by atoms with Gasteiger partial charge >= 0.3 is 6.18 Å². The monoisotopic (exact) mass is 331 g/mol. The van der Waals surface area contributed by atoms with Crippen molar-refractivity contribution in [2.24, 2.45) is 5.73 Å². The predicted octanol–water partition coefficient (Wildman–Crippen LogP) is 3.73. The van der Waals surface area contributed by atoms with Gasteiger partial charge in [-0.25, -0.2) is 0 Å². The van der Waals surface area contributed by atoms with Crippen molar-refractivity contribution in [3.63, 3.8) is 0 Å². The van der Waals surface area contributed by atoms with E-state index in [0.29, 0.717) is 0 Å². The van der Waals surface area contributed by atoms with Crippen molar-refractivity contribution < 1.29 is 18.3 Å². The molecule has 0 amide bonds. The number of halogens is 4. The Balaban J connectivity index is 0.00000242. The van der Waals surface area contributed by atoms with Gasteiger partial charge in [-0.15, -0.1) is 12.4 Å². The number of hydrogen-bond acceptors (Lipinski definition) is 2. The molecule has 6 heteroatoms. The maximum Gasteiger partial charge on any atom is 0.416 e. The maximum atomic E-state index is 13.0. The van der Waals surface area contributed by atoms with Gasteiger partial charge in [-0.3, -0.25) is 0 Å². The summed E-state index contributed by atoms with van der Waals surface area (Å²) in [5.41, 5.74) is 5.77.